The van der Waals surface area contributed by atoms with E-state index in [0.717, 1.165) is 10.4 Å². The summed E-state index contributed by atoms with van der Waals surface area (Å²) < 4.78 is 10.7. The number of ether oxygens (including phenoxy) is 1. The number of carbonyl (C=O) groups excluding carboxylic acids is 1. The Morgan fingerprint density at radius 1 is 1.35 bits per heavy atom. The van der Waals surface area contributed by atoms with Crippen LogP contribution in [0.4, 0.5) is 4.79 Å². The molecule has 8 heteroatoms. The quantitative estimate of drug-likeness (QED) is 0.746. The molecule has 4 rings (SSSR count). The van der Waals surface area contributed by atoms with E-state index in [1.807, 2.05) is 41.8 Å². The van der Waals surface area contributed by atoms with Crippen molar-refractivity contribution in [3.05, 3.63) is 52.5 Å². The number of nitrogens with zero attached hydrogens (tertiary/aromatic N) is 3. The van der Waals surface area contributed by atoms with Gasteiger partial charge in [0.1, 0.15) is 5.75 Å². The third-order valence-corrected chi connectivity index (χ3v) is 5.18. The zero-order chi connectivity index (χ0) is 17.9. The van der Waals surface area contributed by atoms with Gasteiger partial charge in [-0.1, -0.05) is 23.4 Å². The molecule has 1 aromatic carbocycles. The van der Waals surface area contributed by atoms with Gasteiger partial charge in [0.15, 0.2) is 0 Å². The van der Waals surface area contributed by atoms with Gasteiger partial charge in [-0.15, -0.1) is 11.3 Å². The first-order valence-electron chi connectivity index (χ1n) is 8.26. The number of amides is 2. The van der Waals surface area contributed by atoms with Crippen LogP contribution in [0.15, 0.2) is 46.3 Å². The van der Waals surface area contributed by atoms with Gasteiger partial charge in [-0.25, -0.2) is 4.79 Å². The van der Waals surface area contributed by atoms with E-state index >= 15 is 0 Å². The molecule has 0 unspecified atom stereocenters. The van der Waals surface area contributed by atoms with Gasteiger partial charge in [0.2, 0.25) is 11.7 Å². The molecule has 3 heterocycles. The molecule has 0 aliphatic carbocycles. The second-order valence-corrected chi connectivity index (χ2v) is 7.03. The lowest BCUT2D eigenvalue weighted by Gasteiger charge is -2.36. The lowest BCUT2D eigenvalue weighted by Crippen LogP contribution is -2.52. The molecule has 7 nitrogen and oxygen atoms in total. The highest BCUT2D eigenvalue weighted by Gasteiger charge is 2.35. The summed E-state index contributed by atoms with van der Waals surface area (Å²) in [5.41, 5.74) is 0.787. The Hall–Kier alpha value is -2.87. The first kappa shape index (κ1) is 16.6. The van der Waals surface area contributed by atoms with Crippen LogP contribution in [-0.2, 0) is 6.54 Å². The van der Waals surface area contributed by atoms with E-state index in [0.29, 0.717) is 37.1 Å². The highest BCUT2D eigenvalue weighted by atomic mass is 32.1. The predicted molar refractivity (Wildman–Crippen MR) is 97.2 cm³/mol. The Kier molecular flexibility index (Phi) is 4.57. The molecule has 0 atom stereocenters. The summed E-state index contributed by atoms with van der Waals surface area (Å²) in [5.74, 6) is 1.81. The average molecular weight is 370 g/mol. The highest BCUT2D eigenvalue weighted by molar-refractivity contribution is 7.09. The molecule has 0 radical (unpaired) electrons. The van der Waals surface area contributed by atoms with E-state index in [-0.39, 0.29) is 11.9 Å². The Labute approximate surface area is 154 Å². The molecule has 0 saturated carbocycles. The third kappa shape index (κ3) is 3.28. The van der Waals surface area contributed by atoms with E-state index in [1.54, 1.807) is 23.3 Å². The van der Waals surface area contributed by atoms with Crippen molar-refractivity contribution in [1.82, 2.24) is 20.4 Å². The summed E-state index contributed by atoms with van der Waals surface area (Å²) in [6, 6.07) is 11.4. The molecule has 0 bridgehead atoms. The molecule has 134 valence electrons. The smallest absolute Gasteiger partial charge is 0.317 e. The maximum Gasteiger partial charge on any atom is 0.317 e. The lowest BCUT2D eigenvalue weighted by atomic mass is 10.0. The van der Waals surface area contributed by atoms with Gasteiger partial charge >= 0.3 is 6.03 Å². The first-order chi connectivity index (χ1) is 12.7. The Morgan fingerprint density at radius 3 is 2.96 bits per heavy atom. The van der Waals surface area contributed by atoms with Crippen molar-refractivity contribution >= 4 is 17.4 Å². The van der Waals surface area contributed by atoms with Crippen LogP contribution < -0.4 is 10.1 Å². The summed E-state index contributed by atoms with van der Waals surface area (Å²) >= 11 is 1.63. The van der Waals surface area contributed by atoms with Crippen LogP contribution in [0.1, 0.15) is 16.7 Å². The summed E-state index contributed by atoms with van der Waals surface area (Å²) in [6.45, 7) is 1.70. The third-order valence-electron chi connectivity index (χ3n) is 4.30. The van der Waals surface area contributed by atoms with Crippen molar-refractivity contribution in [3.63, 3.8) is 0 Å². The average Bonchev–Trinajstić information content (AvgIpc) is 3.31. The highest BCUT2D eigenvalue weighted by Crippen LogP contribution is 2.31. The van der Waals surface area contributed by atoms with Crippen LogP contribution in [0.3, 0.4) is 0 Å². The SMILES string of the molecule is COc1ccccc1-c1noc(C2CN(C(=O)NCc3cccs3)C2)n1. The van der Waals surface area contributed by atoms with Crippen LogP contribution in [-0.4, -0.2) is 41.3 Å². The maximum atomic E-state index is 12.1. The van der Waals surface area contributed by atoms with Gasteiger partial charge in [0.05, 0.1) is 25.1 Å². The van der Waals surface area contributed by atoms with Crippen molar-refractivity contribution in [3.8, 4) is 17.1 Å². The van der Waals surface area contributed by atoms with E-state index in [9.17, 15) is 4.79 Å². The van der Waals surface area contributed by atoms with Crippen molar-refractivity contribution in [2.75, 3.05) is 20.2 Å². The van der Waals surface area contributed by atoms with Gasteiger partial charge in [-0.05, 0) is 23.6 Å². The number of aromatic nitrogens is 2. The summed E-state index contributed by atoms with van der Waals surface area (Å²) in [7, 11) is 1.61. The molecule has 3 aromatic rings. The number of para-hydroxylation sites is 1. The standard InChI is InChI=1S/C18H18N4O3S/c1-24-15-7-3-2-6-14(15)16-20-17(25-21-16)12-10-22(11-12)18(23)19-9-13-5-4-8-26-13/h2-8,12H,9-11H2,1H3,(H,19,23). The number of rotatable bonds is 5. The van der Waals surface area contributed by atoms with Crippen LogP contribution in [0.25, 0.3) is 11.4 Å². The predicted octanol–water partition coefficient (Wildman–Crippen LogP) is 3.12. The van der Waals surface area contributed by atoms with Crippen LogP contribution in [0.2, 0.25) is 0 Å². The van der Waals surface area contributed by atoms with Gasteiger partial charge in [-0.3, -0.25) is 0 Å². The summed E-state index contributed by atoms with van der Waals surface area (Å²) in [6.07, 6.45) is 0. The zero-order valence-corrected chi connectivity index (χ0v) is 15.0. The minimum absolute atomic E-state index is 0.0680. The number of hydrogen-bond donors (Lipinski definition) is 1. The van der Waals surface area contributed by atoms with Crippen LogP contribution >= 0.6 is 11.3 Å². The van der Waals surface area contributed by atoms with E-state index in [4.69, 9.17) is 9.26 Å². The molecule has 1 N–H and O–H groups in total. The van der Waals surface area contributed by atoms with E-state index in [1.165, 1.54) is 0 Å². The Morgan fingerprint density at radius 2 is 2.19 bits per heavy atom. The number of benzene rings is 1. The molecular weight excluding hydrogens is 352 g/mol. The van der Waals surface area contributed by atoms with Crippen LogP contribution in [0.5, 0.6) is 5.75 Å². The molecule has 26 heavy (non-hydrogen) atoms. The number of hydrogen-bond acceptors (Lipinski definition) is 6. The molecule has 0 spiro atoms. The second-order valence-electron chi connectivity index (χ2n) is 6.00. The van der Waals surface area contributed by atoms with Gasteiger partial charge in [-0.2, -0.15) is 4.98 Å². The molecular formula is C18H18N4O3S. The van der Waals surface area contributed by atoms with Gasteiger partial charge in [0.25, 0.3) is 0 Å². The topological polar surface area (TPSA) is 80.5 Å². The summed E-state index contributed by atoms with van der Waals surface area (Å²) in [5, 5.41) is 8.97. The molecule has 2 aromatic heterocycles. The normalized spacial score (nSPS) is 14.1. The fourth-order valence-corrected chi connectivity index (χ4v) is 3.47. The number of nitrogens with one attached hydrogen (secondary N) is 1. The van der Waals surface area contributed by atoms with Gasteiger partial charge < -0.3 is 19.5 Å². The lowest BCUT2D eigenvalue weighted by molar-refractivity contribution is 0.136. The number of methoxy groups -OCH3 is 1. The van der Waals surface area contributed by atoms with E-state index in [2.05, 4.69) is 15.5 Å². The van der Waals surface area contributed by atoms with E-state index < -0.39 is 0 Å². The maximum absolute atomic E-state index is 12.1. The number of urea groups is 1. The minimum Gasteiger partial charge on any atom is -0.496 e. The van der Waals surface area contributed by atoms with Crippen LogP contribution in [0, 0.1) is 0 Å². The molecule has 2 amide bonds. The van der Waals surface area contributed by atoms with Crippen molar-refractivity contribution in [1.29, 1.82) is 0 Å². The fraction of sp³-hybridized carbons (Fsp3) is 0.278. The molecule has 1 aliphatic rings. The van der Waals surface area contributed by atoms with Crippen molar-refractivity contribution < 1.29 is 14.1 Å². The molecule has 1 saturated heterocycles. The fourth-order valence-electron chi connectivity index (χ4n) is 2.83. The Balaban J connectivity index is 1.34. The number of carbonyl (C=O) groups is 1. The zero-order valence-electron chi connectivity index (χ0n) is 14.2. The Bertz CT molecular complexity index is 887. The molecule has 1 aliphatic heterocycles. The van der Waals surface area contributed by atoms with Crippen molar-refractivity contribution in [2.24, 2.45) is 0 Å². The monoisotopic (exact) mass is 370 g/mol. The minimum atomic E-state index is -0.0703. The number of thiophene rings is 1. The van der Waals surface area contributed by atoms with Gasteiger partial charge in [0, 0.05) is 18.0 Å². The number of likely N-dealkylation sites (tertiary alicyclic amines) is 1. The largest absolute Gasteiger partial charge is 0.496 e. The first-order valence-corrected chi connectivity index (χ1v) is 9.14. The van der Waals surface area contributed by atoms with Crippen molar-refractivity contribution in [2.45, 2.75) is 12.5 Å². The summed E-state index contributed by atoms with van der Waals surface area (Å²) in [4.78, 5) is 19.5. The second kappa shape index (κ2) is 7.17. The molecule has 1 fully saturated rings.